The number of piperidine rings is 1. The number of aromatic nitrogens is 3. The van der Waals surface area contributed by atoms with Crippen molar-refractivity contribution < 1.29 is 13.9 Å². The molecule has 28 heavy (non-hydrogen) atoms. The van der Waals surface area contributed by atoms with Gasteiger partial charge in [0, 0.05) is 29.6 Å². The summed E-state index contributed by atoms with van der Waals surface area (Å²) in [6, 6.07) is 8.08. The number of anilines is 1. The average molecular weight is 383 g/mol. The lowest BCUT2D eigenvalue weighted by Crippen LogP contribution is -2.29. The van der Waals surface area contributed by atoms with Gasteiger partial charge in [0.05, 0.1) is 12.2 Å². The van der Waals surface area contributed by atoms with Gasteiger partial charge in [0.1, 0.15) is 11.6 Å². The van der Waals surface area contributed by atoms with Crippen molar-refractivity contribution in [1.29, 1.82) is 0 Å². The summed E-state index contributed by atoms with van der Waals surface area (Å²) < 4.78 is 26.2. The smallest absolute Gasteiger partial charge is 0.231 e. The van der Waals surface area contributed by atoms with E-state index in [1.54, 1.807) is 24.4 Å². The number of rotatable bonds is 6. The van der Waals surface area contributed by atoms with Gasteiger partial charge >= 0.3 is 0 Å². The molecule has 1 saturated heterocycles. The zero-order valence-electron chi connectivity index (χ0n) is 15.3. The number of nitrogens with one attached hydrogen (secondary N) is 1. The zero-order valence-corrected chi connectivity index (χ0v) is 15.3. The van der Waals surface area contributed by atoms with E-state index in [4.69, 9.17) is 15.2 Å². The van der Waals surface area contributed by atoms with Gasteiger partial charge in [-0.1, -0.05) is 6.07 Å². The first-order valence-electron chi connectivity index (χ1n) is 9.21. The van der Waals surface area contributed by atoms with Gasteiger partial charge in [0.2, 0.25) is 6.79 Å². The number of halogens is 1. The summed E-state index contributed by atoms with van der Waals surface area (Å²) in [5.41, 5.74) is 7.72. The van der Waals surface area contributed by atoms with Crippen LogP contribution in [-0.2, 0) is 0 Å². The van der Waals surface area contributed by atoms with Gasteiger partial charge in [-0.3, -0.25) is 4.68 Å². The maximum absolute atomic E-state index is 13.2. The van der Waals surface area contributed by atoms with Crippen LogP contribution in [0.25, 0.3) is 11.1 Å². The first-order valence-corrected chi connectivity index (χ1v) is 9.21. The highest BCUT2D eigenvalue weighted by Gasteiger charge is 2.16. The molecule has 3 aromatic rings. The topological polar surface area (TPSA) is 87.2 Å². The molecule has 0 atom stereocenters. The van der Waals surface area contributed by atoms with Crippen LogP contribution in [0.3, 0.4) is 0 Å². The molecule has 1 aliphatic rings. The third-order valence-electron chi connectivity index (χ3n) is 4.74. The Morgan fingerprint density at radius 2 is 2.00 bits per heavy atom. The van der Waals surface area contributed by atoms with Crippen LogP contribution in [0.1, 0.15) is 18.9 Å². The fraction of sp³-hybridized carbons (Fsp3) is 0.300. The Balaban J connectivity index is 1.44. The van der Waals surface area contributed by atoms with Crippen LogP contribution in [0.2, 0.25) is 0 Å². The van der Waals surface area contributed by atoms with Crippen molar-refractivity contribution in [3.05, 3.63) is 54.7 Å². The van der Waals surface area contributed by atoms with Crippen molar-refractivity contribution in [2.24, 2.45) is 0 Å². The second kappa shape index (κ2) is 8.26. The molecule has 0 aliphatic carbocycles. The molecule has 0 spiro atoms. The van der Waals surface area contributed by atoms with Crippen LogP contribution in [0.15, 0.2) is 48.9 Å². The lowest BCUT2D eigenvalue weighted by atomic mass is 10.1. The highest BCUT2D eigenvalue weighted by Crippen LogP contribution is 2.28. The molecule has 0 saturated carbocycles. The minimum Gasteiger partial charge on any atom is -0.457 e. The standard InChI is InChI=1S/C20H22FN5O2/c21-16-2-1-3-18(9-16)27-13-28-19-8-14(10-24-20(19)22)15-11-25-26(12-15)17-4-6-23-7-5-17/h1-3,8-12,17,23H,4-7,13H2,(H2,22,24). The molecule has 3 heterocycles. The molecule has 1 aliphatic heterocycles. The molecule has 146 valence electrons. The number of pyridine rings is 1. The Morgan fingerprint density at radius 1 is 1.14 bits per heavy atom. The predicted octanol–water partition coefficient (Wildman–Crippen LogP) is 3.01. The summed E-state index contributed by atoms with van der Waals surface area (Å²) in [7, 11) is 0. The molecule has 4 rings (SSSR count). The summed E-state index contributed by atoms with van der Waals surface area (Å²) in [4.78, 5) is 4.21. The highest BCUT2D eigenvalue weighted by molar-refractivity contribution is 5.65. The summed E-state index contributed by atoms with van der Waals surface area (Å²) in [6.07, 6.45) is 7.66. The fourth-order valence-corrected chi connectivity index (χ4v) is 3.20. The number of nitrogens with two attached hydrogens (primary N) is 1. The van der Waals surface area contributed by atoms with E-state index < -0.39 is 0 Å². The molecule has 3 N–H and O–H groups in total. The van der Waals surface area contributed by atoms with Gasteiger partial charge in [-0.15, -0.1) is 0 Å². The summed E-state index contributed by atoms with van der Waals surface area (Å²) in [6.45, 7) is 1.91. The Kier molecular flexibility index (Phi) is 5.38. The molecule has 0 bridgehead atoms. The maximum atomic E-state index is 13.2. The van der Waals surface area contributed by atoms with Gasteiger partial charge in [-0.05, 0) is 44.1 Å². The SMILES string of the molecule is Nc1ncc(-c2cnn(C3CCNCC3)c2)cc1OCOc1cccc(F)c1. The van der Waals surface area contributed by atoms with E-state index in [1.165, 1.54) is 12.1 Å². The molecule has 1 aromatic carbocycles. The van der Waals surface area contributed by atoms with E-state index in [9.17, 15) is 4.39 Å². The first-order chi connectivity index (χ1) is 13.7. The first kappa shape index (κ1) is 18.2. The Bertz CT molecular complexity index is 940. The van der Waals surface area contributed by atoms with E-state index in [-0.39, 0.29) is 18.4 Å². The monoisotopic (exact) mass is 383 g/mol. The molecular weight excluding hydrogens is 361 g/mol. The van der Waals surface area contributed by atoms with E-state index in [2.05, 4.69) is 15.4 Å². The van der Waals surface area contributed by atoms with E-state index in [1.807, 2.05) is 17.1 Å². The molecule has 0 unspecified atom stereocenters. The third kappa shape index (κ3) is 4.23. The minimum absolute atomic E-state index is 0.104. The highest BCUT2D eigenvalue weighted by atomic mass is 19.1. The Hall–Kier alpha value is -3.13. The summed E-state index contributed by atoms with van der Waals surface area (Å²) >= 11 is 0. The lowest BCUT2D eigenvalue weighted by molar-refractivity contribution is 0.120. The number of benzene rings is 1. The second-order valence-corrected chi connectivity index (χ2v) is 6.66. The van der Waals surface area contributed by atoms with E-state index in [0.717, 1.165) is 37.1 Å². The molecule has 1 fully saturated rings. The quantitative estimate of drug-likeness (QED) is 0.637. The Morgan fingerprint density at radius 3 is 2.82 bits per heavy atom. The molecule has 8 heteroatoms. The molecule has 0 amide bonds. The van der Waals surface area contributed by atoms with Gasteiger partial charge in [0.25, 0.3) is 0 Å². The van der Waals surface area contributed by atoms with Crippen molar-refractivity contribution in [2.45, 2.75) is 18.9 Å². The number of ether oxygens (including phenoxy) is 2. The van der Waals surface area contributed by atoms with E-state index >= 15 is 0 Å². The third-order valence-corrected chi connectivity index (χ3v) is 4.74. The lowest BCUT2D eigenvalue weighted by Gasteiger charge is -2.22. The van der Waals surface area contributed by atoms with Gasteiger partial charge in [-0.25, -0.2) is 9.37 Å². The number of nitrogens with zero attached hydrogens (tertiary/aromatic N) is 3. The second-order valence-electron chi connectivity index (χ2n) is 6.66. The van der Waals surface area contributed by atoms with Crippen molar-refractivity contribution in [3.8, 4) is 22.6 Å². The average Bonchev–Trinajstić information content (AvgIpc) is 3.20. The van der Waals surface area contributed by atoms with Crippen molar-refractivity contribution in [2.75, 3.05) is 25.6 Å². The normalized spacial score (nSPS) is 14.8. The van der Waals surface area contributed by atoms with Crippen LogP contribution in [0, 0.1) is 5.82 Å². The maximum Gasteiger partial charge on any atom is 0.231 e. The van der Waals surface area contributed by atoms with Crippen LogP contribution in [0.5, 0.6) is 11.5 Å². The number of nitrogen functional groups attached to an aromatic ring is 1. The van der Waals surface area contributed by atoms with Gasteiger partial charge in [-0.2, -0.15) is 5.10 Å². The van der Waals surface area contributed by atoms with Gasteiger partial charge in [0.15, 0.2) is 11.6 Å². The molecular formula is C20H22FN5O2. The van der Waals surface area contributed by atoms with Crippen LogP contribution >= 0.6 is 0 Å². The van der Waals surface area contributed by atoms with Crippen molar-refractivity contribution >= 4 is 5.82 Å². The van der Waals surface area contributed by atoms with Crippen LogP contribution < -0.4 is 20.5 Å². The minimum atomic E-state index is -0.369. The predicted molar refractivity (Wildman–Crippen MR) is 104 cm³/mol. The van der Waals surface area contributed by atoms with Crippen molar-refractivity contribution in [3.63, 3.8) is 0 Å². The van der Waals surface area contributed by atoms with Gasteiger partial charge < -0.3 is 20.5 Å². The number of hydrogen-bond acceptors (Lipinski definition) is 6. The number of hydrogen-bond donors (Lipinski definition) is 2. The van der Waals surface area contributed by atoms with E-state index in [0.29, 0.717) is 17.5 Å². The molecule has 0 radical (unpaired) electrons. The van der Waals surface area contributed by atoms with Crippen LogP contribution in [0.4, 0.5) is 10.2 Å². The van der Waals surface area contributed by atoms with Crippen molar-refractivity contribution in [1.82, 2.24) is 20.1 Å². The molecule has 2 aromatic heterocycles. The van der Waals surface area contributed by atoms with Crippen LogP contribution in [-0.4, -0.2) is 34.6 Å². The summed E-state index contributed by atoms with van der Waals surface area (Å²) in [5, 5.41) is 7.86. The molecule has 7 nitrogen and oxygen atoms in total. The zero-order chi connectivity index (χ0) is 19.3. The Labute approximate surface area is 162 Å². The fourth-order valence-electron chi connectivity index (χ4n) is 3.20. The summed E-state index contributed by atoms with van der Waals surface area (Å²) in [5.74, 6) is 0.679. The largest absolute Gasteiger partial charge is 0.457 e.